The Balaban J connectivity index is 1.96. The molecule has 0 radical (unpaired) electrons. The summed E-state index contributed by atoms with van der Waals surface area (Å²) in [6, 6.07) is 18.0. The Bertz CT molecular complexity index is 1460. The summed E-state index contributed by atoms with van der Waals surface area (Å²) in [5.41, 5.74) is 1.91. The van der Waals surface area contributed by atoms with Crippen LogP contribution in [0.3, 0.4) is 0 Å². The van der Waals surface area contributed by atoms with Crippen LogP contribution in [0.2, 0.25) is 0 Å². The van der Waals surface area contributed by atoms with E-state index in [1.54, 1.807) is 66.7 Å². The number of nitrogens with zero attached hydrogens (tertiary/aromatic N) is 1. The number of nitrogens with one attached hydrogen (secondary N) is 1. The fourth-order valence-corrected chi connectivity index (χ4v) is 4.05. The standard InChI is InChI=1S/C28H26N2O7/c1-16(31)29-19-8-10-20(11-9-19)30-25(18-7-14-22(36-3)23(15-18)37-4)24(27(33)28(30)34)26(32)17-5-12-21(35-2)13-6-17/h5-15,33-34H,1-4H3,(H,29,31). The first-order valence-corrected chi connectivity index (χ1v) is 11.2. The lowest BCUT2D eigenvalue weighted by Gasteiger charge is -2.15. The summed E-state index contributed by atoms with van der Waals surface area (Å²) in [7, 11) is 4.51. The minimum absolute atomic E-state index is 0.0965. The molecule has 0 aliphatic heterocycles. The summed E-state index contributed by atoms with van der Waals surface area (Å²) >= 11 is 0. The van der Waals surface area contributed by atoms with E-state index in [-0.39, 0.29) is 22.7 Å². The van der Waals surface area contributed by atoms with E-state index in [1.807, 2.05) is 0 Å². The number of ether oxygens (including phenoxy) is 3. The monoisotopic (exact) mass is 502 g/mol. The van der Waals surface area contributed by atoms with Crippen LogP contribution in [0.5, 0.6) is 28.9 Å². The zero-order valence-corrected chi connectivity index (χ0v) is 20.7. The average molecular weight is 503 g/mol. The van der Waals surface area contributed by atoms with E-state index in [0.717, 1.165) is 0 Å². The number of ketones is 1. The van der Waals surface area contributed by atoms with Crippen molar-refractivity contribution in [3.8, 4) is 45.8 Å². The third-order valence-electron chi connectivity index (χ3n) is 5.80. The number of rotatable bonds is 8. The van der Waals surface area contributed by atoms with Crippen molar-refractivity contribution < 1.29 is 34.0 Å². The van der Waals surface area contributed by atoms with Crippen molar-refractivity contribution in [3.05, 3.63) is 77.9 Å². The molecule has 3 N–H and O–H groups in total. The molecule has 0 aliphatic rings. The molecule has 37 heavy (non-hydrogen) atoms. The zero-order chi connectivity index (χ0) is 26.7. The molecule has 3 aromatic carbocycles. The van der Waals surface area contributed by atoms with Crippen molar-refractivity contribution >= 4 is 17.4 Å². The van der Waals surface area contributed by atoms with Crippen LogP contribution in [0.4, 0.5) is 5.69 Å². The van der Waals surface area contributed by atoms with Crippen LogP contribution in [-0.4, -0.2) is 47.8 Å². The molecular formula is C28H26N2O7. The second-order valence-electron chi connectivity index (χ2n) is 8.09. The molecule has 9 heteroatoms. The Kier molecular flexibility index (Phi) is 7.06. The summed E-state index contributed by atoms with van der Waals surface area (Å²) in [6.07, 6.45) is 0. The Hall–Kier alpha value is -4.92. The maximum atomic E-state index is 13.7. The van der Waals surface area contributed by atoms with Crippen LogP contribution in [0, 0.1) is 0 Å². The molecule has 0 unspecified atom stereocenters. The number of hydrogen-bond donors (Lipinski definition) is 3. The molecule has 0 saturated heterocycles. The van der Waals surface area contributed by atoms with Gasteiger partial charge in [0.25, 0.3) is 0 Å². The van der Waals surface area contributed by atoms with Crippen LogP contribution in [0.15, 0.2) is 66.7 Å². The Morgan fingerprint density at radius 3 is 2.03 bits per heavy atom. The maximum Gasteiger partial charge on any atom is 0.240 e. The number of carbonyl (C=O) groups is 2. The van der Waals surface area contributed by atoms with Crippen molar-refractivity contribution in [1.82, 2.24) is 4.57 Å². The van der Waals surface area contributed by atoms with Gasteiger partial charge in [-0.2, -0.15) is 0 Å². The molecule has 9 nitrogen and oxygen atoms in total. The summed E-state index contributed by atoms with van der Waals surface area (Å²) in [6.45, 7) is 1.40. The van der Waals surface area contributed by atoms with Crippen molar-refractivity contribution in [1.29, 1.82) is 0 Å². The molecule has 190 valence electrons. The van der Waals surface area contributed by atoms with Gasteiger partial charge in [-0.25, -0.2) is 0 Å². The first kappa shape index (κ1) is 25.2. The van der Waals surface area contributed by atoms with Crippen molar-refractivity contribution in [2.45, 2.75) is 6.92 Å². The molecule has 0 aliphatic carbocycles. The van der Waals surface area contributed by atoms with E-state index >= 15 is 0 Å². The van der Waals surface area contributed by atoms with Gasteiger partial charge in [-0.1, -0.05) is 0 Å². The van der Waals surface area contributed by atoms with Gasteiger partial charge in [-0.3, -0.25) is 14.2 Å². The van der Waals surface area contributed by atoms with Crippen LogP contribution in [0.1, 0.15) is 22.8 Å². The molecule has 0 atom stereocenters. The van der Waals surface area contributed by atoms with Gasteiger partial charge >= 0.3 is 0 Å². The summed E-state index contributed by atoms with van der Waals surface area (Å²) < 4.78 is 17.3. The van der Waals surface area contributed by atoms with E-state index in [2.05, 4.69) is 5.32 Å². The van der Waals surface area contributed by atoms with Crippen LogP contribution < -0.4 is 19.5 Å². The highest BCUT2D eigenvalue weighted by atomic mass is 16.5. The van der Waals surface area contributed by atoms with E-state index in [9.17, 15) is 19.8 Å². The van der Waals surface area contributed by atoms with Crippen LogP contribution in [0.25, 0.3) is 16.9 Å². The van der Waals surface area contributed by atoms with Gasteiger partial charge in [-0.15, -0.1) is 0 Å². The first-order valence-electron chi connectivity index (χ1n) is 11.2. The van der Waals surface area contributed by atoms with E-state index in [4.69, 9.17) is 14.2 Å². The number of amides is 1. The van der Waals surface area contributed by atoms with Gasteiger partial charge in [-0.05, 0) is 66.7 Å². The topological polar surface area (TPSA) is 119 Å². The van der Waals surface area contributed by atoms with Gasteiger partial charge in [0.1, 0.15) is 5.75 Å². The third-order valence-corrected chi connectivity index (χ3v) is 5.80. The Labute approximate surface area is 213 Å². The van der Waals surface area contributed by atoms with Gasteiger partial charge in [0.15, 0.2) is 23.0 Å². The molecule has 4 aromatic rings. The number of aromatic nitrogens is 1. The van der Waals surface area contributed by atoms with E-state index in [0.29, 0.717) is 34.2 Å². The molecule has 1 heterocycles. The predicted octanol–water partition coefficient (Wildman–Crippen LogP) is 4.77. The summed E-state index contributed by atoms with van der Waals surface area (Å²) in [5, 5.41) is 24.8. The maximum absolute atomic E-state index is 13.7. The normalized spacial score (nSPS) is 10.6. The first-order chi connectivity index (χ1) is 17.8. The third kappa shape index (κ3) is 4.79. The van der Waals surface area contributed by atoms with E-state index in [1.165, 1.54) is 32.8 Å². The van der Waals surface area contributed by atoms with E-state index < -0.39 is 17.4 Å². The lowest BCUT2D eigenvalue weighted by atomic mass is 9.98. The van der Waals surface area contributed by atoms with Crippen molar-refractivity contribution in [3.63, 3.8) is 0 Å². The molecular weight excluding hydrogens is 476 g/mol. The second kappa shape index (κ2) is 10.4. The minimum atomic E-state index is -0.573. The Morgan fingerprint density at radius 1 is 0.811 bits per heavy atom. The van der Waals surface area contributed by atoms with Crippen molar-refractivity contribution in [2.75, 3.05) is 26.6 Å². The number of anilines is 1. The highest BCUT2D eigenvalue weighted by Gasteiger charge is 2.30. The van der Waals surface area contributed by atoms with Gasteiger partial charge in [0, 0.05) is 29.4 Å². The molecule has 4 rings (SSSR count). The fourth-order valence-electron chi connectivity index (χ4n) is 4.05. The molecule has 1 aromatic heterocycles. The molecule has 0 fully saturated rings. The summed E-state index contributed by atoms with van der Waals surface area (Å²) in [5.74, 6) is -0.386. The van der Waals surface area contributed by atoms with Gasteiger partial charge < -0.3 is 29.7 Å². The predicted molar refractivity (Wildman–Crippen MR) is 138 cm³/mol. The number of benzene rings is 3. The largest absolute Gasteiger partial charge is 0.503 e. The minimum Gasteiger partial charge on any atom is -0.503 e. The number of methoxy groups -OCH3 is 3. The number of carbonyl (C=O) groups excluding carboxylic acids is 2. The zero-order valence-electron chi connectivity index (χ0n) is 20.7. The van der Waals surface area contributed by atoms with Crippen molar-refractivity contribution in [2.24, 2.45) is 0 Å². The lowest BCUT2D eigenvalue weighted by molar-refractivity contribution is -0.114. The number of aromatic hydroxyl groups is 2. The smallest absolute Gasteiger partial charge is 0.240 e. The van der Waals surface area contributed by atoms with Crippen LogP contribution >= 0.6 is 0 Å². The average Bonchev–Trinajstić information content (AvgIpc) is 3.18. The van der Waals surface area contributed by atoms with Crippen LogP contribution in [-0.2, 0) is 4.79 Å². The molecule has 0 bridgehead atoms. The highest BCUT2D eigenvalue weighted by molar-refractivity contribution is 6.15. The fraction of sp³-hybridized carbons (Fsp3) is 0.143. The quantitative estimate of drug-likeness (QED) is 0.297. The Morgan fingerprint density at radius 2 is 1.46 bits per heavy atom. The summed E-state index contributed by atoms with van der Waals surface area (Å²) in [4.78, 5) is 25.1. The molecule has 1 amide bonds. The lowest BCUT2D eigenvalue weighted by Crippen LogP contribution is -2.07. The number of hydrogen-bond acceptors (Lipinski definition) is 7. The van der Waals surface area contributed by atoms with Gasteiger partial charge in [0.05, 0.1) is 32.6 Å². The highest BCUT2D eigenvalue weighted by Crippen LogP contribution is 2.45. The molecule has 0 spiro atoms. The van der Waals surface area contributed by atoms with Gasteiger partial charge in [0.2, 0.25) is 11.8 Å². The molecule has 0 saturated carbocycles. The second-order valence-corrected chi connectivity index (χ2v) is 8.09. The SMILES string of the molecule is COc1ccc(C(=O)c2c(O)c(O)n(-c3ccc(NC(C)=O)cc3)c2-c2ccc(OC)c(OC)c2)cc1.